The van der Waals surface area contributed by atoms with Crippen molar-refractivity contribution in [2.24, 2.45) is 0 Å². The lowest BCUT2D eigenvalue weighted by Crippen LogP contribution is -2.20. The maximum absolute atomic E-state index is 15.1. The highest BCUT2D eigenvalue weighted by Gasteiger charge is 2.29. The number of carboxylic acid groups (broad SMARTS) is 1. The van der Waals surface area contributed by atoms with Crippen LogP contribution < -0.4 is 14.8 Å². The number of ether oxygens (including phenoxy) is 2. The number of halogens is 2. The van der Waals surface area contributed by atoms with Crippen molar-refractivity contribution in [1.82, 2.24) is 9.78 Å². The van der Waals surface area contributed by atoms with Crippen molar-refractivity contribution in [3.8, 4) is 22.9 Å². The molecule has 0 radical (unpaired) electrons. The SMILES string of the molecule is CCC(C)c1cccc(-n2ccc(NC(=O)c3ccc(Oc4cc5c(cc4Cl)C(C(=O)O)CCO5)cc3)n2)c1F. The van der Waals surface area contributed by atoms with Crippen molar-refractivity contribution in [1.29, 1.82) is 0 Å². The highest BCUT2D eigenvalue weighted by atomic mass is 35.5. The molecule has 2 heterocycles. The van der Waals surface area contributed by atoms with E-state index in [4.69, 9.17) is 21.1 Å². The Morgan fingerprint density at radius 1 is 1.23 bits per heavy atom. The molecule has 1 aliphatic heterocycles. The van der Waals surface area contributed by atoms with Gasteiger partial charge in [0.15, 0.2) is 11.6 Å². The Labute approximate surface area is 235 Å². The number of hydrogen-bond donors (Lipinski definition) is 2. The number of nitrogens with zero attached hydrogens (tertiary/aromatic N) is 2. The van der Waals surface area contributed by atoms with E-state index in [9.17, 15) is 14.7 Å². The van der Waals surface area contributed by atoms with Crippen molar-refractivity contribution in [2.75, 3.05) is 11.9 Å². The van der Waals surface area contributed by atoms with Gasteiger partial charge in [0.25, 0.3) is 5.91 Å². The number of carbonyl (C=O) groups is 2. The van der Waals surface area contributed by atoms with Gasteiger partial charge in [-0.3, -0.25) is 9.59 Å². The lowest BCUT2D eigenvalue weighted by molar-refractivity contribution is -0.139. The predicted octanol–water partition coefficient (Wildman–Crippen LogP) is 7.17. The second-order valence-corrected chi connectivity index (χ2v) is 9.97. The maximum atomic E-state index is 15.1. The van der Waals surface area contributed by atoms with E-state index in [1.807, 2.05) is 13.8 Å². The highest BCUT2D eigenvalue weighted by molar-refractivity contribution is 6.32. The number of fused-ring (bicyclic) bond motifs is 1. The van der Waals surface area contributed by atoms with Crippen LogP contribution in [0.1, 0.15) is 60.0 Å². The smallest absolute Gasteiger partial charge is 0.311 e. The Balaban J connectivity index is 1.27. The standard InChI is InChI=1S/C30H27ClFN3O5/c1-3-17(2)20-5-4-6-24(28(20)32)35-13-11-27(34-35)33-29(36)18-7-9-19(10-8-18)40-26-16-25-22(15-23(26)31)21(30(37)38)12-14-39-25/h4-11,13,15-17,21H,3,12,14H2,1-2H3,(H,37,38)(H,33,34,36). The van der Waals surface area contributed by atoms with Gasteiger partial charge < -0.3 is 19.9 Å². The zero-order valence-electron chi connectivity index (χ0n) is 21.9. The zero-order valence-corrected chi connectivity index (χ0v) is 22.6. The fourth-order valence-electron chi connectivity index (χ4n) is 4.55. The molecule has 2 unspecified atom stereocenters. The number of amides is 1. The number of nitrogens with one attached hydrogen (secondary N) is 1. The number of benzene rings is 3. The van der Waals surface area contributed by atoms with Gasteiger partial charge in [-0.25, -0.2) is 9.07 Å². The third-order valence-electron chi connectivity index (χ3n) is 6.98. The van der Waals surface area contributed by atoms with Crippen LogP contribution in [0.15, 0.2) is 66.9 Å². The molecule has 10 heteroatoms. The van der Waals surface area contributed by atoms with Crippen LogP contribution in [-0.4, -0.2) is 33.4 Å². The quantitative estimate of drug-likeness (QED) is 0.235. The molecule has 3 aromatic carbocycles. The summed E-state index contributed by atoms with van der Waals surface area (Å²) in [5.41, 5.74) is 1.80. The Morgan fingerprint density at radius 3 is 2.73 bits per heavy atom. The van der Waals surface area contributed by atoms with Crippen LogP contribution in [0, 0.1) is 5.82 Å². The number of aliphatic carboxylic acids is 1. The van der Waals surface area contributed by atoms with Gasteiger partial charge in [0, 0.05) is 29.5 Å². The topological polar surface area (TPSA) is 103 Å². The minimum absolute atomic E-state index is 0.0718. The number of hydrogen-bond acceptors (Lipinski definition) is 5. The summed E-state index contributed by atoms with van der Waals surface area (Å²) in [6.45, 7) is 4.26. The van der Waals surface area contributed by atoms with Crippen molar-refractivity contribution in [2.45, 2.75) is 38.5 Å². The van der Waals surface area contributed by atoms with E-state index in [0.717, 1.165) is 6.42 Å². The predicted molar refractivity (Wildman–Crippen MR) is 149 cm³/mol. The molecule has 1 aromatic heterocycles. The largest absolute Gasteiger partial charge is 0.493 e. The lowest BCUT2D eigenvalue weighted by atomic mass is 9.93. The van der Waals surface area contributed by atoms with Crippen LogP contribution in [0.5, 0.6) is 17.2 Å². The number of rotatable bonds is 8. The van der Waals surface area contributed by atoms with E-state index in [1.54, 1.807) is 66.9 Å². The van der Waals surface area contributed by atoms with Crippen molar-refractivity contribution >= 4 is 29.3 Å². The fourth-order valence-corrected chi connectivity index (χ4v) is 4.76. The molecular weight excluding hydrogens is 537 g/mol. The molecule has 0 saturated carbocycles. The van der Waals surface area contributed by atoms with Crippen LogP contribution in [0.4, 0.5) is 10.2 Å². The van der Waals surface area contributed by atoms with Gasteiger partial charge in [0.05, 0.1) is 17.5 Å². The molecule has 1 amide bonds. The van der Waals surface area contributed by atoms with Gasteiger partial charge in [0.1, 0.15) is 22.9 Å². The van der Waals surface area contributed by atoms with Crippen molar-refractivity contribution < 1.29 is 28.6 Å². The first kappa shape index (κ1) is 27.2. The molecule has 8 nitrogen and oxygen atoms in total. The van der Waals surface area contributed by atoms with Gasteiger partial charge in [-0.2, -0.15) is 0 Å². The third kappa shape index (κ3) is 5.51. The first-order chi connectivity index (χ1) is 19.2. The van der Waals surface area contributed by atoms with E-state index in [1.165, 1.54) is 4.68 Å². The third-order valence-corrected chi connectivity index (χ3v) is 7.27. The molecule has 0 fully saturated rings. The first-order valence-electron chi connectivity index (χ1n) is 12.9. The summed E-state index contributed by atoms with van der Waals surface area (Å²) >= 11 is 6.37. The number of aromatic nitrogens is 2. The van der Waals surface area contributed by atoms with Gasteiger partial charge >= 0.3 is 5.97 Å². The average molecular weight is 564 g/mol. The van der Waals surface area contributed by atoms with Crippen molar-refractivity contribution in [3.63, 3.8) is 0 Å². The summed E-state index contributed by atoms with van der Waals surface area (Å²) in [7, 11) is 0. The van der Waals surface area contributed by atoms with E-state index in [2.05, 4.69) is 10.4 Å². The van der Waals surface area contributed by atoms with Gasteiger partial charge in [-0.15, -0.1) is 5.10 Å². The van der Waals surface area contributed by atoms with E-state index >= 15 is 4.39 Å². The van der Waals surface area contributed by atoms with E-state index in [-0.39, 0.29) is 29.2 Å². The molecule has 0 bridgehead atoms. The Morgan fingerprint density at radius 2 is 2.00 bits per heavy atom. The molecule has 0 saturated heterocycles. The summed E-state index contributed by atoms with van der Waals surface area (Å²) in [6.07, 6.45) is 2.77. The molecule has 4 aromatic rings. The van der Waals surface area contributed by atoms with Crippen LogP contribution in [-0.2, 0) is 4.79 Å². The summed E-state index contributed by atoms with van der Waals surface area (Å²) in [5.74, 6) is -0.858. The number of carboxylic acids is 1. The van der Waals surface area contributed by atoms with Crippen LogP contribution in [0.2, 0.25) is 5.02 Å². The van der Waals surface area contributed by atoms with Crippen LogP contribution >= 0.6 is 11.6 Å². The van der Waals surface area contributed by atoms with Crippen LogP contribution in [0.3, 0.4) is 0 Å². The molecule has 206 valence electrons. The van der Waals surface area contributed by atoms with Gasteiger partial charge in [-0.05, 0) is 60.7 Å². The number of carbonyl (C=O) groups excluding carboxylic acids is 1. The zero-order chi connectivity index (χ0) is 28.4. The molecule has 1 aliphatic rings. The lowest BCUT2D eigenvalue weighted by Gasteiger charge is -2.24. The average Bonchev–Trinajstić information content (AvgIpc) is 3.41. The summed E-state index contributed by atoms with van der Waals surface area (Å²) in [6, 6.07) is 16.3. The summed E-state index contributed by atoms with van der Waals surface area (Å²) < 4.78 is 28.0. The second kappa shape index (κ2) is 11.4. The molecular formula is C30H27ClFN3O5. The van der Waals surface area contributed by atoms with Gasteiger partial charge in [0.2, 0.25) is 0 Å². The Bertz CT molecular complexity index is 1570. The van der Waals surface area contributed by atoms with Gasteiger partial charge in [-0.1, -0.05) is 37.6 Å². The molecule has 5 rings (SSSR count). The minimum atomic E-state index is -0.933. The summed E-state index contributed by atoms with van der Waals surface area (Å²) in [4.78, 5) is 24.4. The maximum Gasteiger partial charge on any atom is 0.311 e. The second-order valence-electron chi connectivity index (χ2n) is 9.56. The normalized spacial score (nSPS) is 15.1. The van der Waals surface area contributed by atoms with Crippen molar-refractivity contribution in [3.05, 3.63) is 94.4 Å². The van der Waals surface area contributed by atoms with Crippen LogP contribution in [0.25, 0.3) is 5.69 Å². The minimum Gasteiger partial charge on any atom is -0.493 e. The molecule has 40 heavy (non-hydrogen) atoms. The summed E-state index contributed by atoms with van der Waals surface area (Å²) in [5, 5.41) is 16.8. The monoisotopic (exact) mass is 563 g/mol. The molecule has 0 aliphatic carbocycles. The molecule has 2 N–H and O–H groups in total. The Hall–Kier alpha value is -4.37. The molecule has 0 spiro atoms. The number of anilines is 1. The van der Waals surface area contributed by atoms with E-state index in [0.29, 0.717) is 46.0 Å². The molecule has 2 atom stereocenters. The first-order valence-corrected chi connectivity index (χ1v) is 13.3. The van der Waals surface area contributed by atoms with E-state index < -0.39 is 17.8 Å². The highest BCUT2D eigenvalue weighted by Crippen LogP contribution is 2.41. The fraction of sp³-hybridized carbons (Fsp3) is 0.233. The Kier molecular flexibility index (Phi) is 7.75.